The molecule has 4 heteroatoms. The van der Waals surface area contributed by atoms with Gasteiger partial charge in [-0.15, -0.1) is 0 Å². The Morgan fingerprint density at radius 1 is 1.44 bits per heavy atom. The molecular formula is C12H10N2O2. The van der Waals surface area contributed by atoms with Crippen molar-refractivity contribution >= 4 is 22.6 Å². The molecule has 2 aromatic heterocycles. The molecule has 0 saturated carbocycles. The quantitative estimate of drug-likeness (QED) is 0.710. The van der Waals surface area contributed by atoms with E-state index >= 15 is 0 Å². The molecule has 2 bridgehead atoms. The van der Waals surface area contributed by atoms with E-state index in [4.69, 9.17) is 0 Å². The summed E-state index contributed by atoms with van der Waals surface area (Å²) in [6.45, 7) is 3.27. The zero-order valence-corrected chi connectivity index (χ0v) is 9.02. The topological polar surface area (TPSA) is 52.0 Å². The first-order valence-electron chi connectivity index (χ1n) is 5.11. The lowest BCUT2D eigenvalue weighted by Crippen LogP contribution is -2.28. The highest BCUT2D eigenvalue weighted by Crippen LogP contribution is 2.40. The zero-order chi connectivity index (χ0) is 11.4. The van der Waals surface area contributed by atoms with E-state index in [1.54, 1.807) is 10.8 Å². The van der Waals surface area contributed by atoms with Gasteiger partial charge in [0, 0.05) is 30.3 Å². The number of carbonyl (C=O) groups excluding carboxylic acids is 2. The van der Waals surface area contributed by atoms with Gasteiger partial charge in [0.1, 0.15) is 11.7 Å². The van der Waals surface area contributed by atoms with Gasteiger partial charge in [-0.1, -0.05) is 0 Å². The van der Waals surface area contributed by atoms with Gasteiger partial charge in [0.05, 0.1) is 0 Å². The van der Waals surface area contributed by atoms with Crippen LogP contribution in [0, 0.1) is 6.92 Å². The number of ketones is 2. The second kappa shape index (κ2) is 2.78. The summed E-state index contributed by atoms with van der Waals surface area (Å²) >= 11 is 0. The molecule has 80 valence electrons. The van der Waals surface area contributed by atoms with Gasteiger partial charge < -0.3 is 4.57 Å². The van der Waals surface area contributed by atoms with Crippen LogP contribution in [0.5, 0.6) is 0 Å². The number of nitrogens with zero attached hydrogens (tertiary/aromatic N) is 2. The third-order valence-electron chi connectivity index (χ3n) is 3.01. The predicted octanol–water partition coefficient (Wildman–Crippen LogP) is 1.41. The molecule has 0 radical (unpaired) electrons. The van der Waals surface area contributed by atoms with Crippen molar-refractivity contribution in [3.63, 3.8) is 0 Å². The lowest BCUT2D eigenvalue weighted by Gasteiger charge is -2.20. The van der Waals surface area contributed by atoms with E-state index in [0.717, 1.165) is 22.2 Å². The number of Topliss-reactive ketones (excluding diaryl/α,β-unsaturated/α-hetero) is 2. The van der Waals surface area contributed by atoms with Crippen molar-refractivity contribution in [3.8, 4) is 0 Å². The fourth-order valence-corrected chi connectivity index (χ4v) is 2.20. The van der Waals surface area contributed by atoms with Crippen LogP contribution in [0.3, 0.4) is 0 Å². The summed E-state index contributed by atoms with van der Waals surface area (Å²) < 4.78 is 1.77. The van der Waals surface area contributed by atoms with Crippen LogP contribution in [0.2, 0.25) is 0 Å². The van der Waals surface area contributed by atoms with E-state index < -0.39 is 11.8 Å². The van der Waals surface area contributed by atoms with Crippen LogP contribution in [-0.2, 0) is 9.59 Å². The summed E-state index contributed by atoms with van der Waals surface area (Å²) in [5.41, 5.74) is 2.77. The van der Waals surface area contributed by atoms with Gasteiger partial charge in [0.2, 0.25) is 5.78 Å². The average molecular weight is 214 g/mol. The number of rotatable bonds is 2. The SMILES string of the molecule is CC(=O)C(=O)[C@H]1c2cn1c1ncc(C)cc21. The maximum absolute atomic E-state index is 11.7. The Kier molecular flexibility index (Phi) is 1.61. The van der Waals surface area contributed by atoms with Crippen molar-refractivity contribution in [2.75, 3.05) is 0 Å². The van der Waals surface area contributed by atoms with E-state index in [0.29, 0.717) is 0 Å². The molecule has 0 spiro atoms. The third-order valence-corrected chi connectivity index (χ3v) is 3.01. The first-order chi connectivity index (χ1) is 7.59. The highest BCUT2D eigenvalue weighted by atomic mass is 16.2. The summed E-state index contributed by atoms with van der Waals surface area (Å²) in [6.07, 6.45) is 3.64. The lowest BCUT2D eigenvalue weighted by atomic mass is 9.98. The molecule has 2 aliphatic rings. The Balaban J connectivity index is 2.18. The maximum atomic E-state index is 11.7. The number of aromatic nitrogens is 2. The van der Waals surface area contributed by atoms with Crippen LogP contribution in [-0.4, -0.2) is 21.1 Å². The van der Waals surface area contributed by atoms with Crippen molar-refractivity contribution < 1.29 is 9.59 Å². The second-order valence-electron chi connectivity index (χ2n) is 4.20. The molecule has 0 amide bonds. The van der Waals surface area contributed by atoms with Crippen molar-refractivity contribution in [2.24, 2.45) is 0 Å². The Morgan fingerprint density at radius 3 is 2.88 bits per heavy atom. The molecule has 0 fully saturated rings. The summed E-state index contributed by atoms with van der Waals surface area (Å²) in [5, 5.41) is 0.986. The van der Waals surface area contributed by atoms with Gasteiger partial charge in [0.15, 0.2) is 5.78 Å². The summed E-state index contributed by atoms with van der Waals surface area (Å²) in [4.78, 5) is 27.1. The van der Waals surface area contributed by atoms with Crippen LogP contribution < -0.4 is 0 Å². The molecule has 0 saturated heterocycles. The van der Waals surface area contributed by atoms with E-state index in [1.165, 1.54) is 6.92 Å². The Labute approximate surface area is 91.9 Å². The van der Waals surface area contributed by atoms with Crippen molar-refractivity contribution in [2.45, 2.75) is 19.9 Å². The van der Waals surface area contributed by atoms with Gasteiger partial charge in [-0.2, -0.15) is 0 Å². The molecule has 4 heterocycles. The molecule has 0 aliphatic carbocycles. The number of hydrogen-bond acceptors (Lipinski definition) is 3. The minimum absolute atomic E-state index is 0.354. The predicted molar refractivity (Wildman–Crippen MR) is 58.3 cm³/mol. The monoisotopic (exact) mass is 214 g/mol. The first-order valence-corrected chi connectivity index (χ1v) is 5.11. The van der Waals surface area contributed by atoms with Crippen molar-refractivity contribution in [1.82, 2.24) is 9.55 Å². The van der Waals surface area contributed by atoms with Crippen LogP contribution in [0.4, 0.5) is 0 Å². The minimum Gasteiger partial charge on any atom is -0.317 e. The highest BCUT2D eigenvalue weighted by molar-refractivity contribution is 6.39. The largest absolute Gasteiger partial charge is 0.317 e. The van der Waals surface area contributed by atoms with Gasteiger partial charge in [-0.25, -0.2) is 4.98 Å². The zero-order valence-electron chi connectivity index (χ0n) is 9.02. The summed E-state index contributed by atoms with van der Waals surface area (Å²) in [5.74, 6) is -0.752. The van der Waals surface area contributed by atoms with E-state index in [2.05, 4.69) is 4.98 Å². The van der Waals surface area contributed by atoms with Crippen LogP contribution >= 0.6 is 0 Å². The Morgan fingerprint density at radius 2 is 2.19 bits per heavy atom. The molecule has 0 N–H and O–H groups in total. The van der Waals surface area contributed by atoms with Gasteiger partial charge in [-0.05, 0) is 18.6 Å². The fraction of sp³-hybridized carbons (Fsp3) is 0.250. The number of carbonyl (C=O) groups is 2. The molecule has 2 aliphatic heterocycles. The molecule has 16 heavy (non-hydrogen) atoms. The number of aryl methyl sites for hydroxylation is 1. The maximum Gasteiger partial charge on any atom is 0.225 e. The second-order valence-corrected chi connectivity index (χ2v) is 4.20. The van der Waals surface area contributed by atoms with Crippen LogP contribution in [0.1, 0.15) is 24.1 Å². The average Bonchev–Trinajstić information content (AvgIpc) is 2.68. The molecule has 2 aromatic rings. The molecule has 0 aromatic carbocycles. The fourth-order valence-electron chi connectivity index (χ4n) is 2.20. The van der Waals surface area contributed by atoms with Gasteiger partial charge in [0.25, 0.3) is 0 Å². The first kappa shape index (κ1) is 9.27. The summed E-state index contributed by atoms with van der Waals surface area (Å²) in [6, 6.07) is 1.59. The Bertz CT molecular complexity index is 640. The van der Waals surface area contributed by atoms with Gasteiger partial charge >= 0.3 is 0 Å². The van der Waals surface area contributed by atoms with E-state index in [-0.39, 0.29) is 5.78 Å². The molecule has 0 unspecified atom stereocenters. The number of pyridine rings is 1. The Hall–Kier alpha value is -1.97. The van der Waals surface area contributed by atoms with Crippen LogP contribution in [0.15, 0.2) is 18.5 Å². The molecule has 4 nitrogen and oxygen atoms in total. The third kappa shape index (κ3) is 0.961. The standard InChI is InChI=1S/C12H10N2O2/c1-6-3-8-9-5-14(12(8)13-4-6)10(9)11(16)7(2)15/h3-5,10H,1-2H3/t10-/m1/s1. The smallest absolute Gasteiger partial charge is 0.225 e. The molecule has 1 atom stereocenters. The minimum atomic E-state index is -0.415. The summed E-state index contributed by atoms with van der Waals surface area (Å²) in [7, 11) is 0. The normalized spacial score (nSPS) is 17.2. The lowest BCUT2D eigenvalue weighted by molar-refractivity contribution is -0.136. The highest BCUT2D eigenvalue weighted by Gasteiger charge is 2.37. The molecular weight excluding hydrogens is 204 g/mol. The van der Waals surface area contributed by atoms with Crippen molar-refractivity contribution in [1.29, 1.82) is 0 Å². The van der Waals surface area contributed by atoms with Gasteiger partial charge in [-0.3, -0.25) is 9.59 Å². The number of hydrogen-bond donors (Lipinski definition) is 0. The van der Waals surface area contributed by atoms with E-state index in [1.807, 2.05) is 19.2 Å². The van der Waals surface area contributed by atoms with Crippen LogP contribution in [0.25, 0.3) is 11.0 Å². The molecule has 4 rings (SSSR count). The van der Waals surface area contributed by atoms with Crippen molar-refractivity contribution in [3.05, 3.63) is 29.6 Å². The van der Waals surface area contributed by atoms with E-state index in [9.17, 15) is 9.59 Å².